The Morgan fingerprint density at radius 3 is 2.78 bits per heavy atom. The number of nitrogens with zero attached hydrogens (tertiary/aromatic N) is 2. The second kappa shape index (κ2) is 5.42. The van der Waals surface area contributed by atoms with Crippen molar-refractivity contribution in [3.8, 4) is 0 Å². The number of aromatic nitrogens is 2. The molecule has 3 rings (SSSR count). The average Bonchev–Trinajstić information content (AvgIpc) is 2.92. The SMILES string of the molecule is c1ccc2nc(CNOC3CCCC3)cnc2c1. The fraction of sp³-hybridized carbons (Fsp3) is 0.429. The topological polar surface area (TPSA) is 47.0 Å². The summed E-state index contributed by atoms with van der Waals surface area (Å²) >= 11 is 0. The van der Waals surface area contributed by atoms with Crippen LogP contribution in [0.15, 0.2) is 30.5 Å². The van der Waals surface area contributed by atoms with E-state index in [-0.39, 0.29) is 0 Å². The van der Waals surface area contributed by atoms with Gasteiger partial charge in [-0.3, -0.25) is 9.82 Å². The minimum absolute atomic E-state index is 0.374. The molecule has 0 spiro atoms. The largest absolute Gasteiger partial charge is 0.298 e. The van der Waals surface area contributed by atoms with Gasteiger partial charge in [0.15, 0.2) is 0 Å². The van der Waals surface area contributed by atoms with Crippen LogP contribution in [0.5, 0.6) is 0 Å². The molecule has 1 fully saturated rings. The first-order valence-electron chi connectivity index (χ1n) is 6.51. The van der Waals surface area contributed by atoms with Crippen molar-refractivity contribution >= 4 is 11.0 Å². The average molecular weight is 243 g/mol. The van der Waals surface area contributed by atoms with E-state index in [2.05, 4.69) is 15.4 Å². The maximum Gasteiger partial charge on any atom is 0.0890 e. The van der Waals surface area contributed by atoms with Crippen molar-refractivity contribution in [3.05, 3.63) is 36.2 Å². The number of nitrogens with one attached hydrogen (secondary N) is 1. The smallest absolute Gasteiger partial charge is 0.0890 e. The van der Waals surface area contributed by atoms with E-state index < -0.39 is 0 Å². The zero-order chi connectivity index (χ0) is 12.2. The van der Waals surface area contributed by atoms with E-state index in [9.17, 15) is 0 Å². The first-order valence-corrected chi connectivity index (χ1v) is 6.51. The summed E-state index contributed by atoms with van der Waals surface area (Å²) in [7, 11) is 0. The zero-order valence-corrected chi connectivity index (χ0v) is 10.3. The highest BCUT2D eigenvalue weighted by Gasteiger charge is 2.15. The van der Waals surface area contributed by atoms with Crippen LogP contribution >= 0.6 is 0 Å². The summed E-state index contributed by atoms with van der Waals surface area (Å²) in [5, 5.41) is 0. The summed E-state index contributed by atoms with van der Waals surface area (Å²) in [6.07, 6.45) is 7.06. The first-order chi connectivity index (χ1) is 8.92. The van der Waals surface area contributed by atoms with E-state index in [0.29, 0.717) is 12.6 Å². The Balaban J connectivity index is 1.60. The van der Waals surface area contributed by atoms with Gasteiger partial charge in [0.2, 0.25) is 0 Å². The van der Waals surface area contributed by atoms with Crippen LogP contribution in [0.2, 0.25) is 0 Å². The van der Waals surface area contributed by atoms with Gasteiger partial charge in [0, 0.05) is 0 Å². The van der Waals surface area contributed by atoms with Crippen LogP contribution < -0.4 is 5.48 Å². The van der Waals surface area contributed by atoms with Crippen molar-refractivity contribution in [2.75, 3.05) is 0 Å². The molecule has 4 heteroatoms. The quantitative estimate of drug-likeness (QED) is 0.838. The number of rotatable bonds is 4. The lowest BCUT2D eigenvalue weighted by Crippen LogP contribution is -2.21. The molecule has 1 aliphatic carbocycles. The molecule has 94 valence electrons. The predicted molar refractivity (Wildman–Crippen MR) is 69.7 cm³/mol. The summed E-state index contributed by atoms with van der Waals surface area (Å²) in [4.78, 5) is 14.5. The van der Waals surface area contributed by atoms with Gasteiger partial charge in [-0.25, -0.2) is 4.98 Å². The molecule has 0 aliphatic heterocycles. The Hall–Kier alpha value is -1.52. The van der Waals surface area contributed by atoms with E-state index in [1.165, 1.54) is 12.8 Å². The highest BCUT2D eigenvalue weighted by atomic mass is 16.7. The van der Waals surface area contributed by atoms with Gasteiger partial charge in [-0.1, -0.05) is 25.0 Å². The molecule has 18 heavy (non-hydrogen) atoms. The number of hydrogen-bond acceptors (Lipinski definition) is 4. The van der Waals surface area contributed by atoms with Crippen molar-refractivity contribution in [1.29, 1.82) is 0 Å². The van der Waals surface area contributed by atoms with Crippen LogP contribution in [0.4, 0.5) is 0 Å². The van der Waals surface area contributed by atoms with Gasteiger partial charge in [-0.2, -0.15) is 5.48 Å². The standard InChI is InChI=1S/C14H17N3O/c1-2-6-12(5-1)18-16-10-11-9-15-13-7-3-4-8-14(13)17-11/h3-4,7-9,12,16H,1-2,5-6,10H2. The number of hydroxylamine groups is 1. The minimum Gasteiger partial charge on any atom is -0.298 e. The lowest BCUT2D eigenvalue weighted by Gasteiger charge is -2.11. The Kier molecular flexibility index (Phi) is 3.48. The Morgan fingerprint density at radius 2 is 1.94 bits per heavy atom. The van der Waals surface area contributed by atoms with Crippen molar-refractivity contribution in [3.63, 3.8) is 0 Å². The monoisotopic (exact) mass is 243 g/mol. The van der Waals surface area contributed by atoms with Crippen LogP contribution in [-0.4, -0.2) is 16.1 Å². The van der Waals surface area contributed by atoms with E-state index in [1.54, 1.807) is 6.20 Å². The lowest BCUT2D eigenvalue weighted by molar-refractivity contribution is -0.0249. The fourth-order valence-corrected chi connectivity index (χ4v) is 2.32. The number of hydrogen-bond donors (Lipinski definition) is 1. The third-order valence-corrected chi connectivity index (χ3v) is 3.30. The molecule has 1 saturated carbocycles. The molecular formula is C14H17N3O. The minimum atomic E-state index is 0.374. The van der Waals surface area contributed by atoms with Crippen molar-refractivity contribution in [2.45, 2.75) is 38.3 Å². The summed E-state index contributed by atoms with van der Waals surface area (Å²) in [6, 6.07) is 7.89. The van der Waals surface area contributed by atoms with Gasteiger partial charge in [-0.15, -0.1) is 0 Å². The molecule has 4 nitrogen and oxygen atoms in total. The Labute approximate surface area is 106 Å². The van der Waals surface area contributed by atoms with Gasteiger partial charge >= 0.3 is 0 Å². The Morgan fingerprint density at radius 1 is 1.17 bits per heavy atom. The molecule has 1 aliphatic rings. The molecule has 0 saturated heterocycles. The summed E-state index contributed by atoms with van der Waals surface area (Å²) in [5.41, 5.74) is 5.77. The predicted octanol–water partition coefficient (Wildman–Crippen LogP) is 2.59. The van der Waals surface area contributed by atoms with Gasteiger partial charge < -0.3 is 0 Å². The van der Waals surface area contributed by atoms with E-state index >= 15 is 0 Å². The van der Waals surface area contributed by atoms with Crippen LogP contribution in [0.25, 0.3) is 11.0 Å². The molecule has 0 bridgehead atoms. The molecule has 1 aromatic carbocycles. The van der Waals surface area contributed by atoms with Crippen molar-refractivity contribution in [1.82, 2.24) is 15.4 Å². The van der Waals surface area contributed by atoms with Crippen LogP contribution in [0, 0.1) is 0 Å². The molecule has 0 amide bonds. The fourth-order valence-electron chi connectivity index (χ4n) is 2.32. The maximum absolute atomic E-state index is 5.60. The lowest BCUT2D eigenvalue weighted by atomic mass is 10.3. The third-order valence-electron chi connectivity index (χ3n) is 3.30. The maximum atomic E-state index is 5.60. The number of para-hydroxylation sites is 2. The Bertz CT molecular complexity index is 523. The van der Waals surface area contributed by atoms with E-state index in [4.69, 9.17) is 4.84 Å². The van der Waals surface area contributed by atoms with Gasteiger partial charge in [0.25, 0.3) is 0 Å². The summed E-state index contributed by atoms with van der Waals surface area (Å²) < 4.78 is 0. The number of benzene rings is 1. The van der Waals surface area contributed by atoms with Crippen molar-refractivity contribution in [2.24, 2.45) is 0 Å². The molecule has 1 aromatic heterocycles. The molecule has 2 aromatic rings. The molecule has 1 heterocycles. The molecular weight excluding hydrogens is 226 g/mol. The van der Waals surface area contributed by atoms with Crippen LogP contribution in [0.3, 0.4) is 0 Å². The normalized spacial score (nSPS) is 16.4. The second-order valence-corrected chi connectivity index (χ2v) is 4.70. The van der Waals surface area contributed by atoms with Gasteiger partial charge in [-0.05, 0) is 25.0 Å². The summed E-state index contributed by atoms with van der Waals surface area (Å²) in [6.45, 7) is 0.605. The molecule has 1 N–H and O–H groups in total. The van der Waals surface area contributed by atoms with Gasteiger partial charge in [0.1, 0.15) is 0 Å². The van der Waals surface area contributed by atoms with Crippen LogP contribution in [-0.2, 0) is 11.4 Å². The van der Waals surface area contributed by atoms with Crippen molar-refractivity contribution < 1.29 is 4.84 Å². The van der Waals surface area contributed by atoms with E-state index in [0.717, 1.165) is 29.6 Å². The highest BCUT2D eigenvalue weighted by molar-refractivity contribution is 5.73. The zero-order valence-electron chi connectivity index (χ0n) is 10.3. The molecule has 0 unspecified atom stereocenters. The summed E-state index contributed by atoms with van der Waals surface area (Å²) in [5.74, 6) is 0. The molecule has 0 radical (unpaired) electrons. The number of fused-ring (bicyclic) bond motifs is 1. The third kappa shape index (κ3) is 2.66. The first kappa shape index (κ1) is 11.6. The van der Waals surface area contributed by atoms with Crippen LogP contribution in [0.1, 0.15) is 31.4 Å². The van der Waals surface area contributed by atoms with E-state index in [1.807, 2.05) is 24.3 Å². The second-order valence-electron chi connectivity index (χ2n) is 4.70. The molecule has 0 atom stereocenters. The highest BCUT2D eigenvalue weighted by Crippen LogP contribution is 2.19. The van der Waals surface area contributed by atoms with Gasteiger partial charge in [0.05, 0.1) is 35.6 Å².